The summed E-state index contributed by atoms with van der Waals surface area (Å²) in [6, 6.07) is 10.0. The maximum absolute atomic E-state index is 11.1. The van der Waals surface area contributed by atoms with Gasteiger partial charge in [0.15, 0.2) is 0 Å². The molecule has 0 aliphatic carbocycles. The Bertz CT molecular complexity index is 872. The fourth-order valence-electron chi connectivity index (χ4n) is 2.82. The number of aromatic nitrogens is 2. The highest BCUT2D eigenvalue weighted by atomic mass is 16.1. The minimum absolute atomic E-state index is 0.00624. The quantitative estimate of drug-likeness (QED) is 0.760. The van der Waals surface area contributed by atoms with Crippen molar-refractivity contribution in [3.63, 3.8) is 0 Å². The number of carbonyl (C=O) groups excluding carboxylic acids is 1. The van der Waals surface area contributed by atoms with Crippen LogP contribution in [0.4, 0.5) is 5.95 Å². The van der Waals surface area contributed by atoms with Gasteiger partial charge < -0.3 is 10.2 Å². The van der Waals surface area contributed by atoms with E-state index in [1.54, 1.807) is 6.20 Å². The molecule has 1 aromatic heterocycles. The first-order valence-electron chi connectivity index (χ1n) is 10.0. The molecule has 0 saturated heterocycles. The summed E-state index contributed by atoms with van der Waals surface area (Å²) < 4.78 is 0. The summed E-state index contributed by atoms with van der Waals surface area (Å²) in [6.07, 6.45) is 3.62. The van der Waals surface area contributed by atoms with Crippen molar-refractivity contribution < 1.29 is 4.79 Å². The number of hydrogen-bond donors (Lipinski definition) is 1. The fraction of sp³-hybridized carbons (Fsp3) is 0.458. The Morgan fingerprint density at radius 2 is 1.86 bits per heavy atom. The van der Waals surface area contributed by atoms with Crippen molar-refractivity contribution in [3.05, 3.63) is 53.3 Å². The van der Waals surface area contributed by atoms with Gasteiger partial charge in [-0.05, 0) is 54.9 Å². The number of nitrogens with zero attached hydrogens (tertiary/aromatic N) is 3. The molecule has 0 bridgehead atoms. The van der Waals surface area contributed by atoms with Crippen LogP contribution in [0.15, 0.2) is 36.5 Å². The molecule has 1 atom stereocenters. The van der Waals surface area contributed by atoms with Crippen molar-refractivity contribution in [1.82, 2.24) is 15.3 Å². The Morgan fingerprint density at radius 1 is 1.17 bits per heavy atom. The summed E-state index contributed by atoms with van der Waals surface area (Å²) in [6.45, 7) is 11.1. The first kappa shape index (κ1) is 22.4. The first-order chi connectivity index (χ1) is 13.6. The summed E-state index contributed by atoms with van der Waals surface area (Å²) in [4.78, 5) is 22.1. The van der Waals surface area contributed by atoms with Gasteiger partial charge in [0.05, 0.1) is 0 Å². The number of amides is 1. The lowest BCUT2D eigenvalue weighted by Crippen LogP contribution is -2.31. The van der Waals surface area contributed by atoms with Crippen molar-refractivity contribution in [1.29, 1.82) is 0 Å². The summed E-state index contributed by atoms with van der Waals surface area (Å²) in [5.74, 6) is 6.99. The van der Waals surface area contributed by atoms with Crippen LogP contribution >= 0.6 is 0 Å². The highest BCUT2D eigenvalue weighted by Crippen LogP contribution is 2.19. The molecule has 2 aromatic rings. The highest BCUT2D eigenvalue weighted by molar-refractivity contribution is 5.73. The van der Waals surface area contributed by atoms with E-state index in [2.05, 4.69) is 52.8 Å². The lowest BCUT2D eigenvalue weighted by Gasteiger charge is -2.23. The first-order valence-corrected chi connectivity index (χ1v) is 10.0. The molecule has 1 heterocycles. The van der Waals surface area contributed by atoms with E-state index >= 15 is 0 Å². The van der Waals surface area contributed by atoms with Crippen molar-refractivity contribution in [3.8, 4) is 11.8 Å². The van der Waals surface area contributed by atoms with E-state index < -0.39 is 0 Å². The molecular weight excluding hydrogens is 360 g/mol. The van der Waals surface area contributed by atoms with Gasteiger partial charge >= 0.3 is 0 Å². The summed E-state index contributed by atoms with van der Waals surface area (Å²) >= 11 is 0. The average Bonchev–Trinajstić information content (AvgIpc) is 2.64. The predicted molar refractivity (Wildman–Crippen MR) is 119 cm³/mol. The second-order valence-corrected chi connectivity index (χ2v) is 8.73. The number of benzene rings is 1. The zero-order chi connectivity index (χ0) is 21.4. The summed E-state index contributed by atoms with van der Waals surface area (Å²) in [5.41, 5.74) is 3.09. The van der Waals surface area contributed by atoms with E-state index in [4.69, 9.17) is 0 Å². The number of rotatable bonds is 6. The standard InChI is InChI=1S/C24H32N4O/c1-18(26-19(2)29)17-21-9-7-20(8-10-21)11-12-22-13-15-25-23(27-22)28(6)16-14-24(3,4)5/h7-10,13,15,18H,14,16-17H2,1-6H3,(H,26,29). The molecule has 5 nitrogen and oxygen atoms in total. The van der Waals surface area contributed by atoms with Crippen LogP contribution in [0.1, 0.15) is 57.9 Å². The predicted octanol–water partition coefficient (Wildman–Crippen LogP) is 3.82. The lowest BCUT2D eigenvalue weighted by atomic mass is 9.92. The van der Waals surface area contributed by atoms with Crippen LogP contribution < -0.4 is 10.2 Å². The summed E-state index contributed by atoms with van der Waals surface area (Å²) in [7, 11) is 2.01. The van der Waals surface area contributed by atoms with Crippen LogP contribution in [0.2, 0.25) is 0 Å². The van der Waals surface area contributed by atoms with Crippen molar-refractivity contribution in [2.45, 2.75) is 53.5 Å². The monoisotopic (exact) mass is 392 g/mol. The van der Waals surface area contributed by atoms with Gasteiger partial charge in [0.1, 0.15) is 5.69 Å². The Hall–Kier alpha value is -2.87. The van der Waals surface area contributed by atoms with Gasteiger partial charge in [-0.2, -0.15) is 0 Å². The van der Waals surface area contributed by atoms with E-state index in [0.29, 0.717) is 11.6 Å². The molecule has 0 saturated carbocycles. The van der Waals surface area contributed by atoms with Crippen molar-refractivity contribution >= 4 is 11.9 Å². The summed E-state index contributed by atoms with van der Waals surface area (Å²) in [5, 5.41) is 2.90. The molecule has 154 valence electrons. The second-order valence-electron chi connectivity index (χ2n) is 8.73. The molecule has 0 spiro atoms. The SMILES string of the molecule is CC(=O)NC(C)Cc1ccc(C#Cc2ccnc(N(C)CCC(C)(C)C)n2)cc1. The maximum Gasteiger partial charge on any atom is 0.226 e. The molecule has 5 heteroatoms. The van der Waals surface area contributed by atoms with Gasteiger partial charge in [-0.3, -0.25) is 4.79 Å². The van der Waals surface area contributed by atoms with Crippen LogP contribution in [-0.2, 0) is 11.2 Å². The van der Waals surface area contributed by atoms with Gasteiger partial charge in [-0.15, -0.1) is 0 Å². The molecule has 0 aliphatic rings. The Kier molecular flexibility index (Phi) is 7.78. The number of anilines is 1. The van der Waals surface area contributed by atoms with Crippen LogP contribution in [0.25, 0.3) is 0 Å². The molecule has 1 unspecified atom stereocenters. The largest absolute Gasteiger partial charge is 0.354 e. The Labute approximate surface area is 175 Å². The minimum Gasteiger partial charge on any atom is -0.354 e. The van der Waals surface area contributed by atoms with Gasteiger partial charge in [-0.25, -0.2) is 9.97 Å². The van der Waals surface area contributed by atoms with E-state index in [-0.39, 0.29) is 17.4 Å². The molecule has 1 N–H and O–H groups in total. The molecule has 0 radical (unpaired) electrons. The fourth-order valence-corrected chi connectivity index (χ4v) is 2.82. The van der Waals surface area contributed by atoms with Crippen LogP contribution in [0.5, 0.6) is 0 Å². The third kappa shape index (κ3) is 8.35. The topological polar surface area (TPSA) is 58.1 Å². The third-order valence-corrected chi connectivity index (χ3v) is 4.46. The zero-order valence-electron chi connectivity index (χ0n) is 18.4. The number of hydrogen-bond acceptors (Lipinski definition) is 4. The smallest absolute Gasteiger partial charge is 0.226 e. The van der Waals surface area contributed by atoms with Crippen molar-refractivity contribution in [2.75, 3.05) is 18.5 Å². The molecule has 29 heavy (non-hydrogen) atoms. The molecule has 2 rings (SSSR count). The van der Waals surface area contributed by atoms with Crippen LogP contribution in [0, 0.1) is 17.3 Å². The van der Waals surface area contributed by atoms with Gasteiger partial charge in [-0.1, -0.05) is 38.8 Å². The number of carbonyl (C=O) groups is 1. The molecule has 0 fully saturated rings. The molecule has 1 amide bonds. The second kappa shape index (κ2) is 10.1. The van der Waals surface area contributed by atoms with Crippen LogP contribution in [0.3, 0.4) is 0 Å². The van der Waals surface area contributed by atoms with E-state index in [1.165, 1.54) is 12.5 Å². The number of nitrogens with one attached hydrogen (secondary N) is 1. The van der Waals surface area contributed by atoms with Gasteiger partial charge in [0.25, 0.3) is 0 Å². The van der Waals surface area contributed by atoms with Crippen LogP contribution in [-0.4, -0.2) is 35.5 Å². The minimum atomic E-state index is -0.00624. The average molecular weight is 393 g/mol. The molecular formula is C24H32N4O. The third-order valence-electron chi connectivity index (χ3n) is 4.46. The van der Waals surface area contributed by atoms with E-state index in [9.17, 15) is 4.79 Å². The lowest BCUT2D eigenvalue weighted by molar-refractivity contribution is -0.119. The van der Waals surface area contributed by atoms with E-state index in [1.807, 2.05) is 44.3 Å². The van der Waals surface area contributed by atoms with Crippen molar-refractivity contribution in [2.24, 2.45) is 5.41 Å². The maximum atomic E-state index is 11.1. The van der Waals surface area contributed by atoms with Gasteiger partial charge in [0.2, 0.25) is 11.9 Å². The normalized spacial score (nSPS) is 11.9. The van der Waals surface area contributed by atoms with Gasteiger partial charge in [0, 0.05) is 38.3 Å². The molecule has 0 aliphatic heterocycles. The molecule has 1 aromatic carbocycles. The Balaban J connectivity index is 2.01. The van der Waals surface area contributed by atoms with E-state index in [0.717, 1.165) is 24.9 Å². The highest BCUT2D eigenvalue weighted by Gasteiger charge is 2.13. The Morgan fingerprint density at radius 3 is 2.48 bits per heavy atom. The zero-order valence-corrected chi connectivity index (χ0v) is 18.4.